The van der Waals surface area contributed by atoms with Gasteiger partial charge in [-0.1, -0.05) is 119 Å². The second-order valence-electron chi connectivity index (χ2n) is 8.31. The summed E-state index contributed by atoms with van der Waals surface area (Å²) in [5, 5.41) is 0. The predicted octanol–water partition coefficient (Wildman–Crippen LogP) is 7.51. The number of hydrogen-bond donors (Lipinski definition) is 0. The Labute approximate surface area is 178 Å². The lowest BCUT2D eigenvalue weighted by Crippen LogP contribution is -2.31. The number of rotatable bonds is 13. The molecule has 1 aliphatic heterocycles. The van der Waals surface area contributed by atoms with Gasteiger partial charge in [-0.05, 0) is 17.5 Å². The molecule has 1 atom stereocenters. The average Bonchev–Trinajstić information content (AvgIpc) is 3.16. The number of benzene rings is 2. The van der Waals surface area contributed by atoms with Crippen LogP contribution in [0, 0.1) is 0 Å². The molecule has 29 heavy (non-hydrogen) atoms. The largest absolute Gasteiger partial charge is 0.352 e. The molecule has 2 heteroatoms. The molecule has 2 aromatic rings. The second-order valence-corrected chi connectivity index (χ2v) is 8.31. The molecule has 0 saturated heterocycles. The molecule has 0 aliphatic carbocycles. The van der Waals surface area contributed by atoms with Gasteiger partial charge >= 0.3 is 0 Å². The zero-order valence-corrected chi connectivity index (χ0v) is 18.2. The normalized spacial score (nSPS) is 16.0. The minimum absolute atomic E-state index is 0.311. The van der Waals surface area contributed by atoms with Gasteiger partial charge in [0.15, 0.2) is 0 Å². The maximum Gasteiger partial charge on any atom is 0.127 e. The lowest BCUT2D eigenvalue weighted by molar-refractivity contribution is 0.146. The first-order valence-corrected chi connectivity index (χ1v) is 11.7. The van der Waals surface area contributed by atoms with E-state index >= 15 is 0 Å². The van der Waals surface area contributed by atoms with Gasteiger partial charge in [-0.3, -0.25) is 0 Å². The third kappa shape index (κ3) is 6.96. The standard InChI is InChI=1S/C27H38N2/c1-2-3-4-5-6-7-8-9-16-21-28-22-23-29(24-25-17-12-10-13-18-25)27(28)26-19-14-11-15-20-26/h10-15,17-20,22-23,27H,2-9,16,21,24H2,1H3. The highest BCUT2D eigenvalue weighted by atomic mass is 15.4. The number of nitrogens with zero attached hydrogens (tertiary/aromatic N) is 2. The molecule has 1 heterocycles. The minimum atomic E-state index is 0.311. The van der Waals surface area contributed by atoms with Gasteiger partial charge in [0.1, 0.15) is 6.17 Å². The third-order valence-electron chi connectivity index (χ3n) is 5.90. The van der Waals surface area contributed by atoms with E-state index in [1.807, 2.05) is 0 Å². The number of hydrogen-bond acceptors (Lipinski definition) is 2. The van der Waals surface area contributed by atoms with Gasteiger partial charge in [0.2, 0.25) is 0 Å². The fourth-order valence-corrected chi connectivity index (χ4v) is 4.27. The second kappa shape index (κ2) is 12.4. The van der Waals surface area contributed by atoms with Gasteiger partial charge in [-0.25, -0.2) is 0 Å². The van der Waals surface area contributed by atoms with Gasteiger partial charge < -0.3 is 9.80 Å². The quantitative estimate of drug-likeness (QED) is 0.327. The van der Waals surface area contributed by atoms with Crippen LogP contribution in [-0.4, -0.2) is 16.3 Å². The Morgan fingerprint density at radius 2 is 1.17 bits per heavy atom. The number of unbranched alkanes of at least 4 members (excludes halogenated alkanes) is 8. The summed E-state index contributed by atoms with van der Waals surface area (Å²) in [6.45, 7) is 4.37. The van der Waals surface area contributed by atoms with Crippen LogP contribution in [0.2, 0.25) is 0 Å². The lowest BCUT2D eigenvalue weighted by atomic mass is 10.1. The molecule has 0 amide bonds. The van der Waals surface area contributed by atoms with Gasteiger partial charge in [-0.2, -0.15) is 0 Å². The summed E-state index contributed by atoms with van der Waals surface area (Å²) in [5.74, 6) is 0. The van der Waals surface area contributed by atoms with Crippen LogP contribution in [0.1, 0.15) is 82.0 Å². The molecule has 1 aliphatic rings. The van der Waals surface area contributed by atoms with Crippen LogP contribution >= 0.6 is 0 Å². The maximum absolute atomic E-state index is 2.53. The van der Waals surface area contributed by atoms with Crippen LogP contribution in [-0.2, 0) is 6.54 Å². The van der Waals surface area contributed by atoms with Crippen molar-refractivity contribution in [1.29, 1.82) is 0 Å². The van der Waals surface area contributed by atoms with Crippen LogP contribution in [0.4, 0.5) is 0 Å². The lowest BCUT2D eigenvalue weighted by Gasteiger charge is -2.33. The van der Waals surface area contributed by atoms with Crippen LogP contribution in [0.3, 0.4) is 0 Å². The van der Waals surface area contributed by atoms with E-state index in [0.717, 1.165) is 13.1 Å². The van der Waals surface area contributed by atoms with E-state index in [1.54, 1.807) is 0 Å². The monoisotopic (exact) mass is 390 g/mol. The van der Waals surface area contributed by atoms with Gasteiger partial charge in [0.05, 0.1) is 0 Å². The Morgan fingerprint density at radius 3 is 1.83 bits per heavy atom. The average molecular weight is 391 g/mol. The summed E-state index contributed by atoms with van der Waals surface area (Å²) < 4.78 is 0. The first-order valence-electron chi connectivity index (χ1n) is 11.7. The molecule has 0 N–H and O–H groups in total. The molecule has 0 aromatic heterocycles. The van der Waals surface area contributed by atoms with Crippen LogP contribution in [0.5, 0.6) is 0 Å². The van der Waals surface area contributed by atoms with Crippen LogP contribution < -0.4 is 0 Å². The van der Waals surface area contributed by atoms with E-state index in [-0.39, 0.29) is 0 Å². The summed E-state index contributed by atoms with van der Waals surface area (Å²) in [4.78, 5) is 5.00. The van der Waals surface area contributed by atoms with Crippen molar-refractivity contribution in [3.63, 3.8) is 0 Å². The van der Waals surface area contributed by atoms with E-state index < -0.39 is 0 Å². The minimum Gasteiger partial charge on any atom is -0.352 e. The molecule has 0 bridgehead atoms. The molecular formula is C27H38N2. The Kier molecular flexibility index (Phi) is 9.16. The Hall–Kier alpha value is -2.22. The fourth-order valence-electron chi connectivity index (χ4n) is 4.27. The highest BCUT2D eigenvalue weighted by Gasteiger charge is 2.27. The Bertz CT molecular complexity index is 695. The Balaban J connectivity index is 1.48. The molecule has 2 nitrogen and oxygen atoms in total. The van der Waals surface area contributed by atoms with E-state index in [2.05, 4.69) is 89.8 Å². The summed E-state index contributed by atoms with van der Waals surface area (Å²) in [6, 6.07) is 21.7. The molecule has 0 saturated carbocycles. The van der Waals surface area contributed by atoms with Crippen molar-refractivity contribution in [3.8, 4) is 0 Å². The van der Waals surface area contributed by atoms with Crippen LogP contribution in [0.25, 0.3) is 0 Å². The van der Waals surface area contributed by atoms with Crippen LogP contribution in [0.15, 0.2) is 73.1 Å². The first-order chi connectivity index (χ1) is 14.4. The van der Waals surface area contributed by atoms with Crippen molar-refractivity contribution in [2.75, 3.05) is 6.54 Å². The summed E-state index contributed by atoms with van der Waals surface area (Å²) in [5.41, 5.74) is 2.74. The molecule has 0 radical (unpaired) electrons. The van der Waals surface area contributed by atoms with Crippen molar-refractivity contribution >= 4 is 0 Å². The molecule has 156 valence electrons. The molecule has 0 fully saturated rings. The topological polar surface area (TPSA) is 6.48 Å². The van der Waals surface area contributed by atoms with Crippen molar-refractivity contribution in [2.24, 2.45) is 0 Å². The van der Waals surface area contributed by atoms with Gasteiger partial charge in [0, 0.05) is 25.5 Å². The van der Waals surface area contributed by atoms with Crippen molar-refractivity contribution < 1.29 is 0 Å². The smallest absolute Gasteiger partial charge is 0.127 e. The summed E-state index contributed by atoms with van der Waals surface area (Å²) in [6.07, 6.45) is 17.3. The molecule has 2 aromatic carbocycles. The van der Waals surface area contributed by atoms with E-state index in [0.29, 0.717) is 6.17 Å². The van der Waals surface area contributed by atoms with E-state index in [4.69, 9.17) is 0 Å². The third-order valence-corrected chi connectivity index (χ3v) is 5.90. The fraction of sp³-hybridized carbons (Fsp3) is 0.481. The van der Waals surface area contributed by atoms with E-state index in [1.165, 1.54) is 68.9 Å². The maximum atomic E-state index is 2.53. The highest BCUT2D eigenvalue weighted by Crippen LogP contribution is 2.32. The Morgan fingerprint density at radius 1 is 0.621 bits per heavy atom. The van der Waals surface area contributed by atoms with Crippen molar-refractivity contribution in [3.05, 3.63) is 84.2 Å². The van der Waals surface area contributed by atoms with Gasteiger partial charge in [0.25, 0.3) is 0 Å². The predicted molar refractivity (Wildman–Crippen MR) is 124 cm³/mol. The van der Waals surface area contributed by atoms with Crippen molar-refractivity contribution in [2.45, 2.75) is 77.4 Å². The van der Waals surface area contributed by atoms with Gasteiger partial charge in [-0.15, -0.1) is 0 Å². The molecular weight excluding hydrogens is 352 g/mol. The van der Waals surface area contributed by atoms with E-state index in [9.17, 15) is 0 Å². The summed E-state index contributed by atoms with van der Waals surface area (Å²) >= 11 is 0. The molecule has 3 rings (SSSR count). The SMILES string of the molecule is CCCCCCCCCCCN1C=CN(Cc2ccccc2)C1c1ccccc1. The highest BCUT2D eigenvalue weighted by molar-refractivity contribution is 5.23. The zero-order valence-electron chi connectivity index (χ0n) is 18.2. The summed E-state index contributed by atoms with van der Waals surface area (Å²) in [7, 11) is 0. The molecule has 0 spiro atoms. The zero-order chi connectivity index (χ0) is 20.2. The molecule has 1 unspecified atom stereocenters. The first kappa shape index (κ1) is 21.5. The van der Waals surface area contributed by atoms with Crippen molar-refractivity contribution in [1.82, 2.24) is 9.80 Å².